The van der Waals surface area contributed by atoms with Crippen molar-refractivity contribution in [2.75, 3.05) is 17.2 Å². The first-order chi connectivity index (χ1) is 12.6. The van der Waals surface area contributed by atoms with Crippen LogP contribution >= 0.6 is 0 Å². The van der Waals surface area contributed by atoms with Gasteiger partial charge in [-0.15, -0.1) is 0 Å². The van der Waals surface area contributed by atoms with Crippen LogP contribution in [-0.4, -0.2) is 51.9 Å². The van der Waals surface area contributed by atoms with Crippen molar-refractivity contribution in [3.8, 4) is 0 Å². The first-order valence-electron chi connectivity index (χ1n) is 9.56. The Balaban J connectivity index is 1.66. The molecule has 0 spiro atoms. The second kappa shape index (κ2) is 8.64. The lowest BCUT2D eigenvalue weighted by atomic mass is 9.93. The quantitative estimate of drug-likeness (QED) is 0.581. The number of carbonyl (C=O) groups excluding carboxylic acids is 1. The van der Waals surface area contributed by atoms with Crippen molar-refractivity contribution in [3.05, 3.63) is 11.8 Å². The third-order valence-corrected chi connectivity index (χ3v) is 5.27. The van der Waals surface area contributed by atoms with E-state index in [1.54, 1.807) is 0 Å². The Labute approximate surface area is 153 Å². The fourth-order valence-corrected chi connectivity index (χ4v) is 3.82. The molecule has 0 bridgehead atoms. The predicted octanol–water partition coefficient (Wildman–Crippen LogP) is 1.66. The van der Waals surface area contributed by atoms with E-state index in [9.17, 15) is 9.90 Å². The normalized spacial score (nSPS) is 28.7. The molecule has 2 saturated carbocycles. The minimum absolute atomic E-state index is 0.113. The largest absolute Gasteiger partial charge is 0.391 e. The minimum Gasteiger partial charge on any atom is -0.391 e. The summed E-state index contributed by atoms with van der Waals surface area (Å²) in [5, 5.41) is 16.6. The fraction of sp³-hybridized carbons (Fsp3) is 0.722. The number of anilines is 2. The first kappa shape index (κ1) is 18.8. The molecule has 5 N–H and O–H groups in total. The number of carbonyl (C=O) groups is 1. The van der Waals surface area contributed by atoms with Gasteiger partial charge in [0.15, 0.2) is 0 Å². The van der Waals surface area contributed by atoms with Crippen molar-refractivity contribution < 1.29 is 14.6 Å². The van der Waals surface area contributed by atoms with Crippen LogP contribution in [0.1, 0.15) is 62.2 Å². The zero-order valence-electron chi connectivity index (χ0n) is 15.3. The molecule has 0 aliphatic heterocycles. The monoisotopic (exact) mass is 363 g/mol. The van der Waals surface area contributed by atoms with Gasteiger partial charge in [0, 0.05) is 18.8 Å². The van der Waals surface area contributed by atoms with Crippen molar-refractivity contribution in [1.82, 2.24) is 9.97 Å². The lowest BCUT2D eigenvalue weighted by Gasteiger charge is -2.29. The molecular formula is C18H29N5O3. The summed E-state index contributed by atoms with van der Waals surface area (Å²) in [6, 6.07) is 0.175. The number of aliphatic hydroxyl groups excluding tert-OH is 1. The Hall–Kier alpha value is -1.93. The molecule has 0 radical (unpaired) electrons. The van der Waals surface area contributed by atoms with Crippen LogP contribution < -0.4 is 16.4 Å². The van der Waals surface area contributed by atoms with Crippen molar-refractivity contribution in [1.29, 1.82) is 0 Å². The van der Waals surface area contributed by atoms with Crippen molar-refractivity contribution in [3.63, 3.8) is 0 Å². The number of amides is 1. The van der Waals surface area contributed by atoms with Gasteiger partial charge in [-0.25, -0.2) is 4.98 Å². The SMILES string of the molecule is CCOC1CCC(Nc2ncc(C(N)=O)c(N[C@H]3CCCC3O)n2)CC1. The number of aromatic nitrogens is 2. The molecule has 3 rings (SSSR count). The number of rotatable bonds is 7. The molecule has 26 heavy (non-hydrogen) atoms. The number of nitrogens with two attached hydrogens (primary N) is 1. The molecule has 1 aromatic rings. The van der Waals surface area contributed by atoms with Crippen LogP contribution in [0.25, 0.3) is 0 Å². The van der Waals surface area contributed by atoms with Gasteiger partial charge in [-0.1, -0.05) is 0 Å². The molecule has 1 aromatic heterocycles. The van der Waals surface area contributed by atoms with Crippen LogP contribution in [0.4, 0.5) is 11.8 Å². The van der Waals surface area contributed by atoms with Crippen LogP contribution in [-0.2, 0) is 4.74 Å². The van der Waals surface area contributed by atoms with Gasteiger partial charge in [0.1, 0.15) is 5.82 Å². The van der Waals surface area contributed by atoms with Gasteiger partial charge in [-0.05, 0) is 51.9 Å². The van der Waals surface area contributed by atoms with E-state index < -0.39 is 12.0 Å². The Morgan fingerprint density at radius 3 is 2.65 bits per heavy atom. The number of hydrogen-bond donors (Lipinski definition) is 4. The van der Waals surface area contributed by atoms with E-state index in [2.05, 4.69) is 20.6 Å². The molecule has 8 heteroatoms. The van der Waals surface area contributed by atoms with Crippen LogP contribution in [0.3, 0.4) is 0 Å². The molecular weight excluding hydrogens is 334 g/mol. The summed E-state index contributed by atoms with van der Waals surface area (Å²) < 4.78 is 5.68. The fourth-order valence-electron chi connectivity index (χ4n) is 3.82. The second-order valence-corrected chi connectivity index (χ2v) is 7.14. The topological polar surface area (TPSA) is 122 Å². The number of ether oxygens (including phenoxy) is 1. The Bertz CT molecular complexity index is 619. The minimum atomic E-state index is -0.580. The Morgan fingerprint density at radius 2 is 2.04 bits per heavy atom. The summed E-state index contributed by atoms with van der Waals surface area (Å²) in [5.41, 5.74) is 5.69. The summed E-state index contributed by atoms with van der Waals surface area (Å²) >= 11 is 0. The Morgan fingerprint density at radius 1 is 1.27 bits per heavy atom. The maximum Gasteiger partial charge on any atom is 0.254 e. The van der Waals surface area contributed by atoms with Gasteiger partial charge in [0.25, 0.3) is 5.91 Å². The van der Waals surface area contributed by atoms with Gasteiger partial charge < -0.3 is 26.2 Å². The van der Waals surface area contributed by atoms with E-state index in [0.717, 1.165) is 51.6 Å². The lowest BCUT2D eigenvalue weighted by molar-refractivity contribution is 0.0346. The number of nitrogens with one attached hydrogen (secondary N) is 2. The number of primary amides is 1. The molecule has 0 saturated heterocycles. The number of nitrogens with zero attached hydrogens (tertiary/aromatic N) is 2. The molecule has 8 nitrogen and oxygen atoms in total. The van der Waals surface area contributed by atoms with Crippen molar-refractivity contribution >= 4 is 17.7 Å². The van der Waals surface area contributed by atoms with Crippen molar-refractivity contribution in [2.24, 2.45) is 5.73 Å². The molecule has 2 fully saturated rings. The molecule has 2 aliphatic rings. The maximum absolute atomic E-state index is 11.7. The van der Waals surface area contributed by atoms with Gasteiger partial charge in [0.2, 0.25) is 5.95 Å². The summed E-state index contributed by atoms with van der Waals surface area (Å²) in [4.78, 5) is 20.4. The summed E-state index contributed by atoms with van der Waals surface area (Å²) in [6.07, 6.45) is 7.93. The lowest BCUT2D eigenvalue weighted by Crippen LogP contribution is -2.32. The summed E-state index contributed by atoms with van der Waals surface area (Å²) in [5.74, 6) is 0.289. The van der Waals surface area contributed by atoms with E-state index in [-0.39, 0.29) is 17.6 Å². The van der Waals surface area contributed by atoms with Crippen molar-refractivity contribution in [2.45, 2.75) is 76.2 Å². The molecule has 2 atom stereocenters. The van der Waals surface area contributed by atoms with E-state index in [4.69, 9.17) is 10.5 Å². The zero-order chi connectivity index (χ0) is 18.5. The molecule has 1 unspecified atom stereocenters. The molecule has 0 aromatic carbocycles. The molecule has 2 aliphatic carbocycles. The highest BCUT2D eigenvalue weighted by Gasteiger charge is 2.27. The predicted molar refractivity (Wildman–Crippen MR) is 99.1 cm³/mol. The maximum atomic E-state index is 11.7. The zero-order valence-corrected chi connectivity index (χ0v) is 15.3. The summed E-state index contributed by atoms with van der Waals surface area (Å²) in [6.45, 7) is 2.77. The molecule has 144 valence electrons. The average Bonchev–Trinajstić information content (AvgIpc) is 3.02. The first-order valence-corrected chi connectivity index (χ1v) is 9.56. The number of aliphatic hydroxyl groups is 1. The number of hydrogen-bond acceptors (Lipinski definition) is 7. The van der Waals surface area contributed by atoms with Gasteiger partial charge in [-0.3, -0.25) is 4.79 Å². The average molecular weight is 363 g/mol. The van der Waals surface area contributed by atoms with Gasteiger partial charge in [0.05, 0.1) is 23.8 Å². The standard InChI is InChI=1S/C18H29N5O3/c1-2-26-12-8-6-11(7-9-12)21-18-20-10-13(16(19)25)17(23-18)22-14-4-3-5-15(14)24/h10-12,14-15,24H,2-9H2,1H3,(H2,19,25)(H2,20,21,22,23)/t11?,12?,14-,15?/m0/s1. The van der Waals surface area contributed by atoms with Crippen LogP contribution in [0.5, 0.6) is 0 Å². The second-order valence-electron chi connectivity index (χ2n) is 7.14. The van der Waals surface area contributed by atoms with E-state index in [1.807, 2.05) is 6.92 Å². The highest BCUT2D eigenvalue weighted by molar-refractivity contribution is 5.97. The third-order valence-electron chi connectivity index (χ3n) is 5.27. The van der Waals surface area contributed by atoms with Crippen LogP contribution in [0.15, 0.2) is 6.20 Å². The Kier molecular flexibility index (Phi) is 6.26. The van der Waals surface area contributed by atoms with Gasteiger partial charge in [-0.2, -0.15) is 4.98 Å². The smallest absolute Gasteiger partial charge is 0.254 e. The van der Waals surface area contributed by atoms with E-state index in [0.29, 0.717) is 17.9 Å². The van der Waals surface area contributed by atoms with E-state index >= 15 is 0 Å². The van der Waals surface area contributed by atoms with Gasteiger partial charge >= 0.3 is 0 Å². The van der Waals surface area contributed by atoms with Crippen LogP contribution in [0.2, 0.25) is 0 Å². The highest BCUT2D eigenvalue weighted by Crippen LogP contribution is 2.26. The van der Waals surface area contributed by atoms with E-state index in [1.165, 1.54) is 6.20 Å². The summed E-state index contributed by atoms with van der Waals surface area (Å²) in [7, 11) is 0. The molecule has 1 heterocycles. The van der Waals surface area contributed by atoms with Crippen LogP contribution in [0, 0.1) is 0 Å². The molecule has 1 amide bonds. The third kappa shape index (κ3) is 4.62. The highest BCUT2D eigenvalue weighted by atomic mass is 16.5.